The van der Waals surface area contributed by atoms with Crippen molar-refractivity contribution in [1.29, 1.82) is 0 Å². The molecule has 0 aromatic heterocycles. The molecule has 3 aliphatic heterocycles. The Balaban J connectivity index is 0.000000755. The molecule has 8 nitrogen and oxygen atoms in total. The third-order valence-electron chi connectivity index (χ3n) is 6.28. The van der Waals surface area contributed by atoms with Gasteiger partial charge in [0.25, 0.3) is 12.4 Å². The number of methoxy groups -OCH3 is 2. The van der Waals surface area contributed by atoms with Crippen molar-refractivity contribution in [2.75, 3.05) is 47.9 Å². The fourth-order valence-electron chi connectivity index (χ4n) is 5.16. The highest BCUT2D eigenvalue weighted by molar-refractivity contribution is 5.97. The highest BCUT2D eigenvalue weighted by Crippen LogP contribution is 2.55. The maximum Gasteiger partial charge on any atom is 0.290 e. The molecule has 1 N–H and O–H groups in total. The van der Waals surface area contributed by atoms with Crippen LogP contribution in [0.5, 0.6) is 11.5 Å². The number of rotatable bonds is 5. The molecule has 8 heteroatoms. The molecule has 1 spiro atoms. The van der Waals surface area contributed by atoms with E-state index in [1.807, 2.05) is 11.0 Å². The van der Waals surface area contributed by atoms with E-state index in [0.29, 0.717) is 41.5 Å². The number of carbonyl (C=O) groups excluding carboxylic acids is 1. The summed E-state index contributed by atoms with van der Waals surface area (Å²) < 4.78 is 17.1. The van der Waals surface area contributed by atoms with Crippen molar-refractivity contribution in [3.05, 3.63) is 23.8 Å². The molecule has 0 aliphatic carbocycles. The first-order valence-electron chi connectivity index (χ1n) is 9.80. The molecule has 3 fully saturated rings. The molecule has 29 heavy (non-hydrogen) atoms. The van der Waals surface area contributed by atoms with Gasteiger partial charge in [-0.2, -0.15) is 0 Å². The lowest BCUT2D eigenvalue weighted by Gasteiger charge is -2.30. The third-order valence-corrected chi connectivity index (χ3v) is 6.28. The Morgan fingerprint density at radius 2 is 2.10 bits per heavy atom. The van der Waals surface area contributed by atoms with Gasteiger partial charge in [0.05, 0.1) is 38.0 Å². The third kappa shape index (κ3) is 3.91. The summed E-state index contributed by atoms with van der Waals surface area (Å²) in [5.41, 5.74) is 0.412. The van der Waals surface area contributed by atoms with E-state index < -0.39 is 0 Å². The second kappa shape index (κ2) is 8.59. The van der Waals surface area contributed by atoms with Gasteiger partial charge in [0.1, 0.15) is 11.5 Å². The SMILES string of the molecule is COc1ccc(OC)c(C(=O)N2C[C@@H]3[C@H](CN(C)C)[C@H]4CC[C@]3(C2)O4)c1.O=CO. The van der Waals surface area contributed by atoms with Crippen molar-refractivity contribution in [1.82, 2.24) is 9.80 Å². The first-order chi connectivity index (χ1) is 13.9. The van der Waals surface area contributed by atoms with E-state index in [9.17, 15) is 4.79 Å². The zero-order valence-electron chi connectivity index (χ0n) is 17.5. The quantitative estimate of drug-likeness (QED) is 0.743. The fraction of sp³-hybridized carbons (Fsp3) is 0.619. The first kappa shape index (κ1) is 21.4. The maximum atomic E-state index is 13.3. The van der Waals surface area contributed by atoms with Gasteiger partial charge in [0, 0.05) is 24.9 Å². The molecule has 0 saturated carbocycles. The van der Waals surface area contributed by atoms with Crippen LogP contribution in [0.4, 0.5) is 0 Å². The van der Waals surface area contributed by atoms with Gasteiger partial charge in [-0.3, -0.25) is 9.59 Å². The van der Waals surface area contributed by atoms with Crippen molar-refractivity contribution in [2.24, 2.45) is 11.8 Å². The Labute approximate surface area is 171 Å². The lowest BCUT2D eigenvalue weighted by Crippen LogP contribution is -2.40. The highest BCUT2D eigenvalue weighted by atomic mass is 16.5. The van der Waals surface area contributed by atoms with Crippen molar-refractivity contribution < 1.29 is 28.9 Å². The van der Waals surface area contributed by atoms with E-state index in [-0.39, 0.29) is 18.0 Å². The van der Waals surface area contributed by atoms with Gasteiger partial charge in [-0.15, -0.1) is 0 Å². The van der Waals surface area contributed by atoms with E-state index in [1.165, 1.54) is 0 Å². The van der Waals surface area contributed by atoms with Gasteiger partial charge >= 0.3 is 0 Å². The Bertz CT molecular complexity index is 755. The summed E-state index contributed by atoms with van der Waals surface area (Å²) in [5.74, 6) is 2.17. The molecule has 4 rings (SSSR count). The standard InChI is InChI=1S/C20H28N2O4.CH2O2/c1-21(2)10-15-16-11-22(12-20(16)8-7-18(15)26-20)19(23)14-9-13(24-3)5-6-17(14)25-4;2-1-3/h5-6,9,15-16,18H,7-8,10-12H2,1-4H3;1H,(H,2,3)/t15-,16+,18+,20+;/m0./s1. The van der Waals surface area contributed by atoms with Gasteiger partial charge in [0.15, 0.2) is 0 Å². The lowest BCUT2D eigenvalue weighted by molar-refractivity contribution is -0.122. The minimum Gasteiger partial charge on any atom is -0.497 e. The molecule has 4 atom stereocenters. The molecular weight excluding hydrogens is 376 g/mol. The van der Waals surface area contributed by atoms with Crippen LogP contribution >= 0.6 is 0 Å². The van der Waals surface area contributed by atoms with E-state index in [0.717, 1.165) is 25.9 Å². The highest BCUT2D eigenvalue weighted by Gasteiger charge is 2.63. The van der Waals surface area contributed by atoms with Crippen LogP contribution < -0.4 is 9.47 Å². The number of likely N-dealkylation sites (tertiary alicyclic amines) is 1. The molecule has 0 radical (unpaired) electrons. The summed E-state index contributed by atoms with van der Waals surface area (Å²) in [4.78, 5) is 25.8. The summed E-state index contributed by atoms with van der Waals surface area (Å²) in [6, 6.07) is 5.37. The number of benzene rings is 1. The van der Waals surface area contributed by atoms with Crippen molar-refractivity contribution in [3.63, 3.8) is 0 Å². The van der Waals surface area contributed by atoms with Crippen LogP contribution in [0.3, 0.4) is 0 Å². The van der Waals surface area contributed by atoms with Crippen LogP contribution in [-0.4, -0.2) is 86.9 Å². The number of amides is 1. The van der Waals surface area contributed by atoms with Gasteiger partial charge in [-0.05, 0) is 45.1 Å². The molecule has 1 aromatic carbocycles. The van der Waals surface area contributed by atoms with Crippen LogP contribution in [-0.2, 0) is 9.53 Å². The van der Waals surface area contributed by atoms with Crippen molar-refractivity contribution >= 4 is 12.4 Å². The Kier molecular flexibility index (Phi) is 6.33. The molecule has 2 bridgehead atoms. The zero-order valence-corrected chi connectivity index (χ0v) is 17.5. The average molecular weight is 406 g/mol. The Morgan fingerprint density at radius 3 is 2.72 bits per heavy atom. The minimum absolute atomic E-state index is 0.000165. The number of fused-ring (bicyclic) bond motifs is 1. The fourth-order valence-corrected chi connectivity index (χ4v) is 5.16. The molecule has 0 unspecified atom stereocenters. The normalized spacial score (nSPS) is 29.3. The van der Waals surface area contributed by atoms with E-state index in [2.05, 4.69) is 19.0 Å². The smallest absolute Gasteiger partial charge is 0.290 e. The van der Waals surface area contributed by atoms with Crippen molar-refractivity contribution in [2.45, 2.75) is 24.5 Å². The van der Waals surface area contributed by atoms with Gasteiger partial charge in [-0.25, -0.2) is 0 Å². The van der Waals surface area contributed by atoms with Gasteiger partial charge in [0.2, 0.25) is 0 Å². The second-order valence-electron chi connectivity index (χ2n) is 8.15. The molecular formula is C21H30N2O6. The van der Waals surface area contributed by atoms with Crippen LogP contribution in [0.15, 0.2) is 18.2 Å². The number of carbonyl (C=O) groups is 2. The molecule has 1 amide bonds. The van der Waals surface area contributed by atoms with Gasteiger partial charge < -0.3 is 29.1 Å². The number of nitrogens with zero attached hydrogens (tertiary/aromatic N) is 2. The number of hydrogen-bond donors (Lipinski definition) is 1. The van der Waals surface area contributed by atoms with E-state index in [1.54, 1.807) is 26.4 Å². The maximum absolute atomic E-state index is 13.3. The van der Waals surface area contributed by atoms with Gasteiger partial charge in [-0.1, -0.05) is 0 Å². The number of ether oxygens (including phenoxy) is 3. The summed E-state index contributed by atoms with van der Waals surface area (Å²) in [6.45, 7) is 2.20. The predicted molar refractivity (Wildman–Crippen MR) is 107 cm³/mol. The molecule has 3 aliphatic rings. The predicted octanol–water partition coefficient (Wildman–Crippen LogP) is 1.59. The second-order valence-corrected chi connectivity index (χ2v) is 8.15. The monoisotopic (exact) mass is 406 g/mol. The van der Waals surface area contributed by atoms with E-state index >= 15 is 0 Å². The summed E-state index contributed by atoms with van der Waals surface area (Å²) in [7, 11) is 7.41. The lowest BCUT2D eigenvalue weighted by atomic mass is 9.73. The number of carboxylic acid groups (broad SMARTS) is 1. The Hall–Kier alpha value is -2.32. The summed E-state index contributed by atoms with van der Waals surface area (Å²) >= 11 is 0. The molecule has 160 valence electrons. The Morgan fingerprint density at radius 1 is 1.38 bits per heavy atom. The largest absolute Gasteiger partial charge is 0.497 e. The summed E-state index contributed by atoms with van der Waals surface area (Å²) in [6.07, 6.45) is 2.52. The van der Waals surface area contributed by atoms with E-state index in [4.69, 9.17) is 24.1 Å². The topological polar surface area (TPSA) is 88.5 Å². The summed E-state index contributed by atoms with van der Waals surface area (Å²) in [5, 5.41) is 6.89. The van der Waals surface area contributed by atoms with Crippen molar-refractivity contribution in [3.8, 4) is 11.5 Å². The van der Waals surface area contributed by atoms with Crippen LogP contribution in [0.1, 0.15) is 23.2 Å². The minimum atomic E-state index is -0.250. The molecule has 3 heterocycles. The zero-order chi connectivity index (χ0) is 21.2. The molecule has 3 saturated heterocycles. The molecule has 1 aromatic rings. The number of hydrogen-bond acceptors (Lipinski definition) is 6. The van der Waals surface area contributed by atoms with Crippen LogP contribution in [0.2, 0.25) is 0 Å². The van der Waals surface area contributed by atoms with Crippen LogP contribution in [0, 0.1) is 11.8 Å². The van der Waals surface area contributed by atoms with Crippen LogP contribution in [0.25, 0.3) is 0 Å². The average Bonchev–Trinajstić information content (AvgIpc) is 3.37. The first-order valence-corrected chi connectivity index (χ1v) is 9.80.